The number of benzene rings is 2. The van der Waals surface area contributed by atoms with Gasteiger partial charge in [0, 0.05) is 151 Å². The first kappa shape index (κ1) is 128. The molecule has 0 bridgehead atoms. The molecule has 0 spiro atoms. The maximum absolute atomic E-state index is 12.4. The van der Waals surface area contributed by atoms with Crippen molar-refractivity contribution in [3.05, 3.63) is 238 Å². The van der Waals surface area contributed by atoms with Gasteiger partial charge >= 0.3 is 0 Å². The smallest absolute Gasteiger partial charge is 0.253 e. The zero-order chi connectivity index (χ0) is 111. The molecule has 5 aliphatic rings. The van der Waals surface area contributed by atoms with E-state index in [1.807, 2.05) is 121 Å². The molecule has 0 radical (unpaired) electrons. The molecule has 14 rings (SSSR count). The van der Waals surface area contributed by atoms with Crippen LogP contribution in [0.1, 0.15) is 407 Å². The van der Waals surface area contributed by atoms with Crippen LogP contribution in [-0.2, 0) is 84.8 Å². The number of pyridine rings is 5. The van der Waals surface area contributed by atoms with Gasteiger partial charge in [-0.25, -0.2) is 15.0 Å². The van der Waals surface area contributed by atoms with Crippen molar-refractivity contribution in [2.75, 3.05) is 114 Å². The number of piperidine rings is 4. The fourth-order valence-electron chi connectivity index (χ4n) is 17.2. The second-order valence-corrected chi connectivity index (χ2v) is 52.2. The van der Waals surface area contributed by atoms with E-state index in [0.29, 0.717) is 49.5 Å². The number of anilines is 3. The summed E-state index contributed by atoms with van der Waals surface area (Å²) in [5.41, 5.74) is 15.7. The number of rotatable bonds is 21. The molecule has 22 nitrogen and oxygen atoms in total. The molecule has 0 atom stereocenters. The number of aryl methyl sites for hydroxylation is 3. The van der Waals surface area contributed by atoms with Crippen molar-refractivity contribution < 1.29 is 24.3 Å². The molecule has 5 aliphatic heterocycles. The highest BCUT2D eigenvalue weighted by molar-refractivity contribution is 5.96. The molecule has 7 aromatic heterocycles. The molecule has 149 heavy (non-hydrogen) atoms. The second-order valence-electron chi connectivity index (χ2n) is 52.2. The monoisotopic (exact) mass is 2050 g/mol. The topological polar surface area (TPSA) is 241 Å². The molecule has 826 valence electrons. The molecule has 2 aromatic carbocycles. The van der Waals surface area contributed by atoms with E-state index in [1.165, 1.54) is 102 Å². The highest BCUT2D eigenvalue weighted by Crippen LogP contribution is 2.33. The highest BCUT2D eigenvalue weighted by Gasteiger charge is 2.29. The van der Waals surface area contributed by atoms with Crippen LogP contribution >= 0.6 is 0 Å². The Kier molecular flexibility index (Phi) is 51.1. The van der Waals surface area contributed by atoms with Crippen LogP contribution in [-0.4, -0.2) is 202 Å². The Bertz CT molecular complexity index is 5320. The molecule has 9 aromatic rings. The first-order chi connectivity index (χ1) is 69.4. The van der Waals surface area contributed by atoms with Gasteiger partial charge in [0.2, 0.25) is 5.91 Å². The van der Waals surface area contributed by atoms with Crippen molar-refractivity contribution in [3.63, 3.8) is 0 Å². The van der Waals surface area contributed by atoms with Crippen LogP contribution in [0.25, 0.3) is 0 Å². The minimum absolute atomic E-state index is 0.0283. The lowest BCUT2D eigenvalue weighted by Gasteiger charge is -2.36. The minimum atomic E-state index is -0.607. The van der Waals surface area contributed by atoms with Gasteiger partial charge in [0.25, 0.3) is 5.91 Å². The lowest BCUT2D eigenvalue weighted by Crippen LogP contribution is -2.50. The Morgan fingerprint density at radius 2 is 0.866 bits per heavy atom. The molecule has 0 saturated carbocycles. The SMILES string of the molecule is CC(C)(C)c1ccc(N2CCCCC2)nc1.CC(C)(C)c1cccc(C(=O)CC2CCNCC2)c1.CC(C)(C)c1cccc(C(=O)N2CCCCC2)c1.CC(C)(O)CCc1ccc(C(C)(C)C)cn1.CC(C)N1CCN(CC(=O)Cc2ccc(C(C)(C)C)cn2)CC1.CC1CCN(CC(=O)Nc2ccc(C(C)(C)C)cn2)CC1.CCCNc1ccc(C(C)(C)C)cn1.CCCn1cc(C(C)(C)C)cn1.Cn1cc(C(C)(C)C)cn1. The van der Waals surface area contributed by atoms with Crippen LogP contribution < -0.4 is 20.9 Å². The zero-order valence-corrected chi connectivity index (χ0v) is 99.8. The summed E-state index contributed by atoms with van der Waals surface area (Å²) in [6.07, 6.45) is 34.9. The van der Waals surface area contributed by atoms with Crippen molar-refractivity contribution in [2.24, 2.45) is 18.9 Å². The van der Waals surface area contributed by atoms with Crippen molar-refractivity contribution in [3.8, 4) is 0 Å². The van der Waals surface area contributed by atoms with Crippen molar-refractivity contribution >= 4 is 40.8 Å². The lowest BCUT2D eigenvalue weighted by molar-refractivity contribution is -0.120. The second kappa shape index (κ2) is 59.5. The number of carbonyl (C=O) groups is 4. The normalized spacial score (nSPS) is 15.6. The molecular weight excluding hydrogens is 1840 g/mol. The largest absolute Gasteiger partial charge is 0.390 e. The van der Waals surface area contributed by atoms with Crippen LogP contribution in [0.2, 0.25) is 0 Å². The quantitative estimate of drug-likeness (QED) is 0.0489. The van der Waals surface area contributed by atoms with Crippen LogP contribution in [0.3, 0.4) is 0 Å². The average Bonchev–Trinajstić information content (AvgIpc) is 1.80. The van der Waals surface area contributed by atoms with E-state index in [0.717, 1.165) is 170 Å². The Morgan fingerprint density at radius 1 is 0.430 bits per heavy atom. The Hall–Kier alpha value is -9.71. The van der Waals surface area contributed by atoms with Gasteiger partial charge in [-0.2, -0.15) is 10.2 Å². The van der Waals surface area contributed by atoms with E-state index in [2.05, 4.69) is 371 Å². The third-order valence-electron chi connectivity index (χ3n) is 28.0. The first-order valence-corrected chi connectivity index (χ1v) is 56.2. The zero-order valence-electron chi connectivity index (χ0n) is 99.8. The number of hydrogen-bond donors (Lipinski definition) is 4. The van der Waals surface area contributed by atoms with Crippen molar-refractivity contribution in [2.45, 2.75) is 405 Å². The van der Waals surface area contributed by atoms with Crippen molar-refractivity contribution in [1.29, 1.82) is 0 Å². The molecule has 5 saturated heterocycles. The van der Waals surface area contributed by atoms with E-state index in [1.54, 1.807) is 0 Å². The number of carbonyl (C=O) groups excluding carboxylic acids is 4. The highest BCUT2D eigenvalue weighted by atomic mass is 16.3. The molecule has 4 N–H and O–H groups in total. The summed E-state index contributed by atoms with van der Waals surface area (Å²) in [4.78, 5) is 82.7. The van der Waals surface area contributed by atoms with Gasteiger partial charge in [0.05, 0.1) is 37.5 Å². The summed E-state index contributed by atoms with van der Waals surface area (Å²) in [5.74, 6) is 4.90. The van der Waals surface area contributed by atoms with Crippen LogP contribution in [0, 0.1) is 11.8 Å². The summed E-state index contributed by atoms with van der Waals surface area (Å²) in [6.45, 7) is 89.2. The first-order valence-electron chi connectivity index (χ1n) is 56.2. The number of hydrogen-bond acceptors (Lipinski definition) is 18. The van der Waals surface area contributed by atoms with E-state index in [9.17, 15) is 24.3 Å². The number of aromatic nitrogens is 9. The summed E-state index contributed by atoms with van der Waals surface area (Å²) >= 11 is 0. The molecule has 5 fully saturated rings. The van der Waals surface area contributed by atoms with E-state index in [-0.39, 0.29) is 66.3 Å². The van der Waals surface area contributed by atoms with Gasteiger partial charge < -0.3 is 30.9 Å². The minimum Gasteiger partial charge on any atom is -0.390 e. The van der Waals surface area contributed by atoms with Gasteiger partial charge in [-0.05, 0) is 303 Å². The molecule has 0 unspecified atom stereocenters. The Labute approximate surface area is 904 Å². The number of ketones is 2. The number of nitrogens with one attached hydrogen (secondary N) is 3. The molecule has 0 aliphatic carbocycles. The summed E-state index contributed by atoms with van der Waals surface area (Å²) in [6, 6.07) is 37.6. The summed E-state index contributed by atoms with van der Waals surface area (Å²) < 4.78 is 3.85. The molecule has 2 amide bonds. The van der Waals surface area contributed by atoms with E-state index >= 15 is 0 Å². The Morgan fingerprint density at radius 3 is 1.28 bits per heavy atom. The predicted octanol–water partition coefficient (Wildman–Crippen LogP) is 26.7. The molecule has 12 heterocycles. The molecule has 22 heteroatoms. The number of Topliss-reactive ketones (excluding diaryl/α,β-unsaturated/α-hetero) is 2. The number of aliphatic hydroxyl groups is 1. The third-order valence-corrected chi connectivity index (χ3v) is 28.0. The number of amides is 2. The number of likely N-dealkylation sites (tertiary alicyclic amines) is 2. The van der Waals surface area contributed by atoms with Crippen LogP contribution in [0.5, 0.6) is 0 Å². The third kappa shape index (κ3) is 48.9. The van der Waals surface area contributed by atoms with E-state index in [4.69, 9.17) is 0 Å². The summed E-state index contributed by atoms with van der Waals surface area (Å²) in [7, 11) is 1.94. The number of nitrogens with zero attached hydrogens (tertiary/aromatic N) is 14. The fourth-order valence-corrected chi connectivity index (χ4v) is 17.2. The Balaban J connectivity index is 0.000000258. The maximum atomic E-state index is 12.4. The van der Waals surface area contributed by atoms with Crippen molar-refractivity contribution in [1.82, 2.24) is 69.4 Å². The predicted molar refractivity (Wildman–Crippen MR) is 627 cm³/mol. The summed E-state index contributed by atoms with van der Waals surface area (Å²) in [5, 5.41) is 27.5. The van der Waals surface area contributed by atoms with Crippen LogP contribution in [0.4, 0.5) is 17.5 Å². The van der Waals surface area contributed by atoms with Gasteiger partial charge in [-0.3, -0.25) is 53.2 Å². The molecular formula is C127H203N17O5. The standard InChI is InChI=1S/C19H31N3O.C17H27N3O.C17H25NO.C16H23NO.C14H22N2.C14H23NO.C12H20N2.C10H18N2.C8H14N2/c1-15(2)22-10-8-21(9-11-22)14-18(23)12-17-7-6-16(13-20-17)19(3,4)5;1-13-7-9-20(10-8-13)12-16(21)19-15-6-5-14(11-18-15)17(2,3)4;1-17(2,3)15-6-4-5-14(12-15)16(19)11-13-7-9-18-10-8-13;1-16(2,3)14-9-7-8-13(12-14)15(18)17-10-5-4-6-11-17;1-14(2,3)12-7-8-13(15-11-12)16-9-5-4-6-10-16;1-13(2,3)11-6-7-12(15-10-11)8-9-14(4,5)16;1-5-8-13-11-7-6-10(9-14-11)12(2,3)4;1-5-6-12-8-9(7-11-12)10(2,3)4;1-8(2,3)7-5-9-10(4)6-7/h6-7,13,15H,8-12,14H2,1-5H3;5-6,11,13H,7-10,12H2,1-4H3,(H,18,19,21);4-6,12-13,18H,7-11H2,1-3H3;7-9,12H,4-6,10-11H2,1-3H3;7-8,11H,4-6,9-10H2,1-3H3;6-7,10,16H,8-9H2,1-5H3;6-7,9H,5,8H2,1-4H3,(H,13,14);7-8H,5-6H2,1-4H3;5-6H,1-4H3. The lowest BCUT2D eigenvalue weighted by atomic mass is 9.84. The number of piperazine rings is 1. The van der Waals surface area contributed by atoms with Gasteiger partial charge in [-0.15, -0.1) is 0 Å². The van der Waals surface area contributed by atoms with E-state index < -0.39 is 5.60 Å². The fraction of sp³-hybridized carbons (Fsp3) is 0.630. The average molecular weight is 2050 g/mol. The maximum Gasteiger partial charge on any atom is 0.253 e. The van der Waals surface area contributed by atoms with Gasteiger partial charge in [-0.1, -0.05) is 268 Å². The van der Waals surface area contributed by atoms with Gasteiger partial charge in [0.1, 0.15) is 17.5 Å². The van der Waals surface area contributed by atoms with Gasteiger partial charge in [0.15, 0.2) is 11.6 Å². The van der Waals surface area contributed by atoms with Crippen LogP contribution in [0.15, 0.2) is 165 Å².